The summed E-state index contributed by atoms with van der Waals surface area (Å²) in [4.78, 5) is 13.5. The fraction of sp³-hybridized carbons (Fsp3) is 0.353. The van der Waals surface area contributed by atoms with Crippen LogP contribution in [-0.4, -0.2) is 24.5 Å². The fourth-order valence-electron chi connectivity index (χ4n) is 3.38. The van der Waals surface area contributed by atoms with E-state index in [1.807, 2.05) is 24.3 Å². The average Bonchev–Trinajstić information content (AvgIpc) is 3.25. The first-order chi connectivity index (χ1) is 10.8. The van der Waals surface area contributed by atoms with Crippen LogP contribution in [0.15, 0.2) is 50.9 Å². The highest BCUT2D eigenvalue weighted by atomic mass is 32.2. The van der Waals surface area contributed by atoms with Crippen LogP contribution in [0.25, 0.3) is 0 Å². The molecule has 1 amide bonds. The SMILES string of the molecule is O=C(NC1CC2CC1CN2)c1ccc(Sc2cccs2)cc1. The molecule has 2 bridgehead atoms. The summed E-state index contributed by atoms with van der Waals surface area (Å²) in [5.74, 6) is 0.674. The van der Waals surface area contributed by atoms with Gasteiger partial charge in [-0.05, 0) is 54.5 Å². The molecule has 1 aromatic carbocycles. The van der Waals surface area contributed by atoms with E-state index in [1.165, 1.54) is 15.5 Å². The normalized spacial score (nSPS) is 26.3. The van der Waals surface area contributed by atoms with Crippen molar-refractivity contribution in [1.29, 1.82) is 0 Å². The molecule has 2 heterocycles. The standard InChI is InChI=1S/C17H18N2OS2/c20-17(19-15-9-13-8-12(15)10-18-13)11-3-5-14(6-4-11)22-16-2-1-7-21-16/h1-7,12-13,15,18H,8-10H2,(H,19,20). The van der Waals surface area contributed by atoms with Crippen LogP contribution in [-0.2, 0) is 0 Å². The largest absolute Gasteiger partial charge is 0.349 e. The molecule has 2 fully saturated rings. The van der Waals surface area contributed by atoms with Crippen molar-refractivity contribution in [3.8, 4) is 0 Å². The smallest absolute Gasteiger partial charge is 0.251 e. The molecule has 0 radical (unpaired) electrons. The number of hydrogen-bond donors (Lipinski definition) is 2. The van der Waals surface area contributed by atoms with Gasteiger partial charge in [0.2, 0.25) is 0 Å². The Morgan fingerprint density at radius 2 is 2.09 bits per heavy atom. The van der Waals surface area contributed by atoms with E-state index in [0.29, 0.717) is 18.0 Å². The summed E-state index contributed by atoms with van der Waals surface area (Å²) in [7, 11) is 0. The highest BCUT2D eigenvalue weighted by Crippen LogP contribution is 2.32. The van der Waals surface area contributed by atoms with Crippen LogP contribution in [0.5, 0.6) is 0 Å². The quantitative estimate of drug-likeness (QED) is 0.903. The van der Waals surface area contributed by atoms with Crippen molar-refractivity contribution in [3.63, 3.8) is 0 Å². The molecule has 2 aromatic rings. The minimum atomic E-state index is 0.0604. The summed E-state index contributed by atoms with van der Waals surface area (Å²) in [6.45, 7) is 1.05. The van der Waals surface area contributed by atoms with E-state index in [0.717, 1.165) is 18.5 Å². The van der Waals surface area contributed by atoms with Crippen LogP contribution in [0.3, 0.4) is 0 Å². The third kappa shape index (κ3) is 2.93. The van der Waals surface area contributed by atoms with Gasteiger partial charge in [0, 0.05) is 29.1 Å². The first-order valence-electron chi connectivity index (χ1n) is 7.63. The van der Waals surface area contributed by atoms with Crippen LogP contribution in [0.4, 0.5) is 0 Å². The van der Waals surface area contributed by atoms with Crippen molar-refractivity contribution in [1.82, 2.24) is 10.6 Å². The molecule has 1 saturated carbocycles. The van der Waals surface area contributed by atoms with Gasteiger partial charge in [0.25, 0.3) is 5.91 Å². The number of thiophene rings is 1. The van der Waals surface area contributed by atoms with Crippen LogP contribution < -0.4 is 10.6 Å². The molecule has 3 unspecified atom stereocenters. The molecule has 114 valence electrons. The third-order valence-corrected chi connectivity index (χ3v) is 6.56. The van der Waals surface area contributed by atoms with Gasteiger partial charge in [-0.25, -0.2) is 0 Å². The lowest BCUT2D eigenvalue weighted by atomic mass is 10.0. The zero-order chi connectivity index (χ0) is 14.9. The molecule has 1 aliphatic carbocycles. The molecule has 3 nitrogen and oxygen atoms in total. The van der Waals surface area contributed by atoms with Crippen LogP contribution in [0, 0.1) is 5.92 Å². The van der Waals surface area contributed by atoms with Crippen LogP contribution in [0.1, 0.15) is 23.2 Å². The molecular formula is C17H18N2OS2. The number of hydrogen-bond acceptors (Lipinski definition) is 4. The molecule has 5 heteroatoms. The second-order valence-corrected chi connectivity index (χ2v) is 8.30. The third-order valence-electron chi connectivity index (χ3n) is 4.51. The van der Waals surface area contributed by atoms with Gasteiger partial charge < -0.3 is 10.6 Å². The van der Waals surface area contributed by atoms with E-state index in [1.54, 1.807) is 23.1 Å². The molecule has 1 aromatic heterocycles. The number of rotatable bonds is 4. The maximum atomic E-state index is 12.4. The van der Waals surface area contributed by atoms with E-state index in [-0.39, 0.29) is 5.91 Å². The van der Waals surface area contributed by atoms with Gasteiger partial charge in [-0.2, -0.15) is 0 Å². The number of amides is 1. The highest BCUT2D eigenvalue weighted by Gasteiger charge is 2.39. The maximum Gasteiger partial charge on any atom is 0.251 e. The summed E-state index contributed by atoms with van der Waals surface area (Å²) in [5, 5.41) is 8.76. The van der Waals surface area contributed by atoms with Gasteiger partial charge in [0.1, 0.15) is 0 Å². The van der Waals surface area contributed by atoms with Crippen LogP contribution >= 0.6 is 23.1 Å². The Labute approximate surface area is 138 Å². The predicted octanol–water partition coefficient (Wildman–Crippen LogP) is 3.38. The topological polar surface area (TPSA) is 41.1 Å². The number of benzene rings is 1. The second kappa shape index (κ2) is 6.07. The first kappa shape index (κ1) is 14.3. The lowest BCUT2D eigenvalue weighted by Crippen LogP contribution is -2.44. The summed E-state index contributed by atoms with van der Waals surface area (Å²) < 4.78 is 1.27. The number of carbonyl (C=O) groups excluding carboxylic acids is 1. The van der Waals surface area contributed by atoms with Crippen molar-refractivity contribution >= 4 is 29.0 Å². The van der Waals surface area contributed by atoms with Gasteiger partial charge in [-0.1, -0.05) is 17.8 Å². The van der Waals surface area contributed by atoms with E-state index in [9.17, 15) is 4.79 Å². The zero-order valence-electron chi connectivity index (χ0n) is 12.1. The zero-order valence-corrected chi connectivity index (χ0v) is 13.8. The fourth-order valence-corrected chi connectivity index (χ4v) is 5.12. The molecule has 2 N–H and O–H groups in total. The highest BCUT2D eigenvalue weighted by molar-refractivity contribution is 8.01. The minimum Gasteiger partial charge on any atom is -0.349 e. The van der Waals surface area contributed by atoms with E-state index in [4.69, 9.17) is 0 Å². The Morgan fingerprint density at radius 3 is 2.73 bits per heavy atom. The van der Waals surface area contributed by atoms with Gasteiger partial charge >= 0.3 is 0 Å². The van der Waals surface area contributed by atoms with Gasteiger partial charge in [-0.3, -0.25) is 4.79 Å². The number of fused-ring (bicyclic) bond motifs is 2. The minimum absolute atomic E-state index is 0.0604. The molecule has 2 aliphatic rings. The molecule has 1 saturated heterocycles. The maximum absolute atomic E-state index is 12.4. The Hall–Kier alpha value is -1.30. The van der Waals surface area contributed by atoms with E-state index in [2.05, 4.69) is 28.1 Å². The lowest BCUT2D eigenvalue weighted by molar-refractivity contribution is 0.0925. The van der Waals surface area contributed by atoms with Crippen molar-refractivity contribution in [2.75, 3.05) is 6.54 Å². The summed E-state index contributed by atoms with van der Waals surface area (Å²) >= 11 is 3.47. The van der Waals surface area contributed by atoms with Gasteiger partial charge in [0.15, 0.2) is 0 Å². The van der Waals surface area contributed by atoms with E-state index >= 15 is 0 Å². The monoisotopic (exact) mass is 330 g/mol. The second-order valence-electron chi connectivity index (χ2n) is 5.98. The number of nitrogens with one attached hydrogen (secondary N) is 2. The van der Waals surface area contributed by atoms with Crippen molar-refractivity contribution in [2.24, 2.45) is 5.92 Å². The molecule has 0 spiro atoms. The molecule has 1 aliphatic heterocycles. The first-order valence-corrected chi connectivity index (χ1v) is 9.33. The summed E-state index contributed by atoms with van der Waals surface area (Å²) in [6.07, 6.45) is 2.28. The van der Waals surface area contributed by atoms with Crippen molar-refractivity contribution < 1.29 is 4.79 Å². The molecular weight excluding hydrogens is 312 g/mol. The Kier molecular flexibility index (Phi) is 3.94. The average molecular weight is 330 g/mol. The summed E-state index contributed by atoms with van der Waals surface area (Å²) in [5.41, 5.74) is 0.756. The van der Waals surface area contributed by atoms with Gasteiger partial charge in [-0.15, -0.1) is 11.3 Å². The Balaban J connectivity index is 1.38. The predicted molar refractivity (Wildman–Crippen MR) is 90.7 cm³/mol. The van der Waals surface area contributed by atoms with Crippen LogP contribution in [0.2, 0.25) is 0 Å². The number of piperidine rings is 1. The van der Waals surface area contributed by atoms with Crippen molar-refractivity contribution in [2.45, 2.75) is 34.0 Å². The lowest BCUT2D eigenvalue weighted by Gasteiger charge is -2.23. The molecule has 22 heavy (non-hydrogen) atoms. The molecule has 3 atom stereocenters. The van der Waals surface area contributed by atoms with E-state index < -0.39 is 0 Å². The van der Waals surface area contributed by atoms with Gasteiger partial charge in [0.05, 0.1) is 4.21 Å². The summed E-state index contributed by atoms with van der Waals surface area (Å²) in [6, 6.07) is 13.0. The number of carbonyl (C=O) groups is 1. The Bertz CT molecular complexity index is 654. The molecule has 4 rings (SSSR count). The van der Waals surface area contributed by atoms with Crippen molar-refractivity contribution in [3.05, 3.63) is 47.3 Å². The Morgan fingerprint density at radius 1 is 1.23 bits per heavy atom.